The van der Waals surface area contributed by atoms with Gasteiger partial charge in [-0.2, -0.15) is 0 Å². The molecular weight excluding hydrogens is 408 g/mol. The number of anilines is 1. The number of para-hydroxylation sites is 1. The van der Waals surface area contributed by atoms with Gasteiger partial charge in [-0.15, -0.1) is 0 Å². The third kappa shape index (κ3) is 4.37. The van der Waals surface area contributed by atoms with E-state index < -0.39 is 5.92 Å². The minimum Gasteiger partial charge on any atom is -0.457 e. The van der Waals surface area contributed by atoms with Crippen molar-refractivity contribution >= 4 is 17.5 Å². The molecule has 5 rings (SSSR count). The molecular formula is C25H22N2O5. The molecule has 2 aliphatic heterocycles. The molecule has 1 unspecified atom stereocenters. The van der Waals surface area contributed by atoms with Gasteiger partial charge in [0.05, 0.1) is 5.92 Å². The molecule has 1 saturated heterocycles. The van der Waals surface area contributed by atoms with Crippen LogP contribution >= 0.6 is 0 Å². The summed E-state index contributed by atoms with van der Waals surface area (Å²) in [5.41, 5.74) is 1.61. The van der Waals surface area contributed by atoms with Crippen molar-refractivity contribution in [2.75, 3.05) is 18.7 Å². The number of hydrogen-bond acceptors (Lipinski definition) is 5. The average Bonchev–Trinajstić information content (AvgIpc) is 3.42. The predicted octanol–water partition coefficient (Wildman–Crippen LogP) is 4.19. The topological polar surface area (TPSA) is 77.1 Å². The molecule has 7 heteroatoms. The van der Waals surface area contributed by atoms with E-state index in [1.165, 1.54) is 0 Å². The molecule has 0 radical (unpaired) electrons. The van der Waals surface area contributed by atoms with E-state index in [0.717, 1.165) is 11.3 Å². The number of benzene rings is 3. The van der Waals surface area contributed by atoms with Gasteiger partial charge in [0.25, 0.3) is 0 Å². The van der Waals surface area contributed by atoms with Gasteiger partial charge in [-0.1, -0.05) is 24.3 Å². The van der Waals surface area contributed by atoms with E-state index in [2.05, 4.69) is 5.32 Å². The molecule has 1 N–H and O–H groups in total. The minimum atomic E-state index is -0.392. The van der Waals surface area contributed by atoms with Gasteiger partial charge in [-0.25, -0.2) is 0 Å². The molecule has 0 aromatic heterocycles. The van der Waals surface area contributed by atoms with Gasteiger partial charge in [0, 0.05) is 25.2 Å². The summed E-state index contributed by atoms with van der Waals surface area (Å²) in [5.74, 6) is 2.23. The van der Waals surface area contributed by atoms with Crippen LogP contribution in [0.5, 0.6) is 23.0 Å². The maximum atomic E-state index is 12.7. The minimum absolute atomic E-state index is 0.0329. The SMILES string of the molecule is O=C(Nc1ccc(Oc2ccccc2)cc1)C1CC(=O)N(Cc2ccc3c(c2)OCO3)C1. The Morgan fingerprint density at radius 1 is 0.969 bits per heavy atom. The summed E-state index contributed by atoms with van der Waals surface area (Å²) in [7, 11) is 0. The van der Waals surface area contributed by atoms with Crippen LogP contribution in [0.25, 0.3) is 0 Å². The van der Waals surface area contributed by atoms with Crippen molar-refractivity contribution in [3.05, 3.63) is 78.4 Å². The number of amides is 2. The van der Waals surface area contributed by atoms with E-state index in [-0.39, 0.29) is 25.0 Å². The molecule has 0 bridgehead atoms. The quantitative estimate of drug-likeness (QED) is 0.634. The summed E-state index contributed by atoms with van der Waals surface area (Å²) in [5, 5.41) is 2.90. The molecule has 1 atom stereocenters. The maximum absolute atomic E-state index is 12.7. The standard InChI is InChI=1S/C25H22N2O5/c28-24-13-18(15-27(24)14-17-6-11-22-23(12-17)31-16-30-22)25(29)26-19-7-9-21(10-8-19)32-20-4-2-1-3-5-20/h1-12,18H,13-16H2,(H,26,29). The van der Waals surface area contributed by atoms with Crippen LogP contribution in [-0.4, -0.2) is 30.1 Å². The Bertz CT molecular complexity index is 1130. The van der Waals surface area contributed by atoms with Crippen LogP contribution in [0.3, 0.4) is 0 Å². The lowest BCUT2D eigenvalue weighted by Gasteiger charge is -2.17. The molecule has 162 valence electrons. The summed E-state index contributed by atoms with van der Waals surface area (Å²) in [6, 6.07) is 22.3. The monoisotopic (exact) mass is 430 g/mol. The summed E-state index contributed by atoms with van der Waals surface area (Å²) in [6.07, 6.45) is 0.200. The van der Waals surface area contributed by atoms with Gasteiger partial charge in [0.15, 0.2) is 11.5 Å². The Balaban J connectivity index is 1.17. The lowest BCUT2D eigenvalue weighted by molar-refractivity contribution is -0.128. The number of carbonyl (C=O) groups excluding carboxylic acids is 2. The molecule has 0 saturated carbocycles. The van der Waals surface area contributed by atoms with Gasteiger partial charge in [0.1, 0.15) is 11.5 Å². The number of hydrogen-bond donors (Lipinski definition) is 1. The van der Waals surface area contributed by atoms with Crippen LogP contribution in [0.4, 0.5) is 5.69 Å². The highest BCUT2D eigenvalue weighted by Crippen LogP contribution is 2.33. The van der Waals surface area contributed by atoms with Crippen LogP contribution in [0, 0.1) is 5.92 Å². The molecule has 1 fully saturated rings. The number of fused-ring (bicyclic) bond motifs is 1. The van der Waals surface area contributed by atoms with Crippen LogP contribution in [0.2, 0.25) is 0 Å². The van der Waals surface area contributed by atoms with E-state index >= 15 is 0 Å². The Hall–Kier alpha value is -4.00. The largest absolute Gasteiger partial charge is 0.457 e. The first-order valence-electron chi connectivity index (χ1n) is 10.4. The Morgan fingerprint density at radius 2 is 1.72 bits per heavy atom. The lowest BCUT2D eigenvalue weighted by Crippen LogP contribution is -2.28. The fourth-order valence-corrected chi connectivity index (χ4v) is 3.84. The Kier molecular flexibility index (Phi) is 5.37. The van der Waals surface area contributed by atoms with E-state index in [4.69, 9.17) is 14.2 Å². The first-order chi connectivity index (χ1) is 15.6. The van der Waals surface area contributed by atoms with Gasteiger partial charge in [0.2, 0.25) is 18.6 Å². The molecule has 7 nitrogen and oxygen atoms in total. The molecule has 0 spiro atoms. The molecule has 2 heterocycles. The zero-order valence-electron chi connectivity index (χ0n) is 17.3. The van der Waals surface area contributed by atoms with Crippen LogP contribution < -0.4 is 19.5 Å². The van der Waals surface area contributed by atoms with Crippen molar-refractivity contribution in [3.63, 3.8) is 0 Å². The van der Waals surface area contributed by atoms with Crippen molar-refractivity contribution in [2.45, 2.75) is 13.0 Å². The molecule has 32 heavy (non-hydrogen) atoms. The van der Waals surface area contributed by atoms with Gasteiger partial charge in [-0.3, -0.25) is 9.59 Å². The van der Waals surface area contributed by atoms with E-state index in [1.807, 2.05) is 48.5 Å². The number of nitrogens with zero attached hydrogens (tertiary/aromatic N) is 1. The molecule has 2 aliphatic rings. The van der Waals surface area contributed by atoms with Crippen LogP contribution in [0.15, 0.2) is 72.8 Å². The van der Waals surface area contributed by atoms with Crippen molar-refractivity contribution in [1.82, 2.24) is 4.90 Å². The third-order valence-electron chi connectivity index (χ3n) is 5.50. The summed E-state index contributed by atoms with van der Waals surface area (Å²) < 4.78 is 16.5. The van der Waals surface area contributed by atoms with Crippen molar-refractivity contribution in [1.29, 1.82) is 0 Å². The Morgan fingerprint density at radius 3 is 2.53 bits per heavy atom. The smallest absolute Gasteiger partial charge is 0.231 e. The Labute approximate surface area is 185 Å². The zero-order chi connectivity index (χ0) is 21.9. The van der Waals surface area contributed by atoms with Gasteiger partial charge < -0.3 is 24.4 Å². The van der Waals surface area contributed by atoms with Crippen molar-refractivity contribution in [3.8, 4) is 23.0 Å². The number of carbonyl (C=O) groups is 2. The van der Waals surface area contributed by atoms with Crippen LogP contribution in [-0.2, 0) is 16.1 Å². The lowest BCUT2D eigenvalue weighted by atomic mass is 10.1. The van der Waals surface area contributed by atoms with E-state index in [0.29, 0.717) is 36.0 Å². The number of ether oxygens (including phenoxy) is 3. The number of rotatable bonds is 6. The molecule has 3 aromatic rings. The molecule has 3 aromatic carbocycles. The summed E-state index contributed by atoms with van der Waals surface area (Å²) >= 11 is 0. The normalized spacial score (nSPS) is 16.8. The first-order valence-corrected chi connectivity index (χ1v) is 10.4. The van der Waals surface area contributed by atoms with Crippen molar-refractivity contribution in [2.24, 2.45) is 5.92 Å². The van der Waals surface area contributed by atoms with Crippen LogP contribution in [0.1, 0.15) is 12.0 Å². The molecule has 2 amide bonds. The maximum Gasteiger partial charge on any atom is 0.231 e. The fraction of sp³-hybridized carbons (Fsp3) is 0.200. The summed E-state index contributed by atoms with van der Waals surface area (Å²) in [4.78, 5) is 26.9. The average molecular weight is 430 g/mol. The molecule has 0 aliphatic carbocycles. The first kappa shape index (κ1) is 19.9. The second-order valence-corrected chi connectivity index (χ2v) is 7.79. The van der Waals surface area contributed by atoms with Crippen molar-refractivity contribution < 1.29 is 23.8 Å². The third-order valence-corrected chi connectivity index (χ3v) is 5.50. The number of likely N-dealkylation sites (tertiary alicyclic amines) is 1. The highest BCUT2D eigenvalue weighted by Gasteiger charge is 2.34. The number of nitrogens with one attached hydrogen (secondary N) is 1. The fourth-order valence-electron chi connectivity index (χ4n) is 3.84. The predicted molar refractivity (Wildman–Crippen MR) is 118 cm³/mol. The van der Waals surface area contributed by atoms with E-state index in [1.54, 1.807) is 29.2 Å². The van der Waals surface area contributed by atoms with Gasteiger partial charge >= 0.3 is 0 Å². The van der Waals surface area contributed by atoms with Gasteiger partial charge in [-0.05, 0) is 54.1 Å². The van der Waals surface area contributed by atoms with E-state index in [9.17, 15) is 9.59 Å². The highest BCUT2D eigenvalue weighted by molar-refractivity contribution is 5.97. The summed E-state index contributed by atoms with van der Waals surface area (Å²) in [6.45, 7) is 1.03. The second-order valence-electron chi connectivity index (χ2n) is 7.79. The second kappa shape index (κ2) is 8.63. The zero-order valence-corrected chi connectivity index (χ0v) is 17.3. The highest BCUT2D eigenvalue weighted by atomic mass is 16.7.